The van der Waals surface area contributed by atoms with Gasteiger partial charge in [-0.3, -0.25) is 14.9 Å². The van der Waals surface area contributed by atoms with Crippen LogP contribution in [0.15, 0.2) is 12.1 Å². The normalized spacial score (nSPS) is 26.9. The average Bonchev–Trinajstić information content (AvgIpc) is 3.00. The second kappa shape index (κ2) is 5.03. The maximum absolute atomic E-state index is 13.9. The summed E-state index contributed by atoms with van der Waals surface area (Å²) in [5.41, 5.74) is -1.85. The van der Waals surface area contributed by atoms with Crippen LogP contribution in [0.3, 0.4) is 0 Å². The number of halogens is 2. The van der Waals surface area contributed by atoms with Crippen molar-refractivity contribution in [3.63, 3.8) is 0 Å². The second-order valence-electron chi connectivity index (χ2n) is 5.20. The highest BCUT2D eigenvalue weighted by Gasteiger charge is 2.42. The SMILES string of the molecule is O=C(NC1CC2CCC1O2)c1c(F)ccc([N+](=O)[O-])c1F. The molecule has 3 rings (SSSR count). The number of carbonyl (C=O) groups excluding carboxylic acids is 1. The van der Waals surface area contributed by atoms with E-state index >= 15 is 0 Å². The standard InChI is InChI=1S/C13H12F2N2O4/c14-7-2-3-9(17(19)20)12(15)11(7)13(18)16-8-5-6-1-4-10(8)21-6/h2-3,6,8,10H,1,4-5H2,(H,16,18). The number of ether oxygens (including phenoxy) is 1. The van der Waals surface area contributed by atoms with Crippen LogP contribution in [-0.4, -0.2) is 29.1 Å². The molecule has 2 aliphatic heterocycles. The van der Waals surface area contributed by atoms with E-state index in [1.54, 1.807) is 0 Å². The summed E-state index contributed by atoms with van der Waals surface area (Å²) < 4.78 is 33.1. The number of amides is 1. The van der Waals surface area contributed by atoms with Gasteiger partial charge in [-0.05, 0) is 25.3 Å². The number of hydrogen-bond acceptors (Lipinski definition) is 4. The van der Waals surface area contributed by atoms with Gasteiger partial charge in [0.2, 0.25) is 5.82 Å². The number of nitro benzene ring substituents is 1. The van der Waals surface area contributed by atoms with Crippen molar-refractivity contribution in [2.24, 2.45) is 0 Å². The quantitative estimate of drug-likeness (QED) is 0.683. The summed E-state index contributed by atoms with van der Waals surface area (Å²) in [5.74, 6) is -3.57. The zero-order valence-electron chi connectivity index (χ0n) is 10.8. The smallest absolute Gasteiger partial charge is 0.305 e. The van der Waals surface area contributed by atoms with Crippen LogP contribution in [0.4, 0.5) is 14.5 Å². The molecule has 1 aromatic carbocycles. The topological polar surface area (TPSA) is 81.5 Å². The van der Waals surface area contributed by atoms with Gasteiger partial charge < -0.3 is 10.1 Å². The Morgan fingerprint density at radius 3 is 2.71 bits per heavy atom. The summed E-state index contributed by atoms with van der Waals surface area (Å²) in [7, 11) is 0. The molecule has 3 atom stereocenters. The van der Waals surface area contributed by atoms with Crippen LogP contribution in [0.5, 0.6) is 0 Å². The third-order valence-corrected chi connectivity index (χ3v) is 3.92. The molecule has 0 saturated carbocycles. The van der Waals surface area contributed by atoms with Gasteiger partial charge in [-0.15, -0.1) is 0 Å². The van der Waals surface area contributed by atoms with Crippen LogP contribution in [0, 0.1) is 21.7 Å². The molecular formula is C13H12F2N2O4. The van der Waals surface area contributed by atoms with Crippen molar-refractivity contribution in [1.82, 2.24) is 5.32 Å². The summed E-state index contributed by atoms with van der Waals surface area (Å²) in [6.07, 6.45) is 2.21. The number of nitrogens with zero attached hydrogens (tertiary/aromatic N) is 1. The molecule has 2 heterocycles. The number of rotatable bonds is 3. The molecule has 0 radical (unpaired) electrons. The van der Waals surface area contributed by atoms with Crippen molar-refractivity contribution in [3.8, 4) is 0 Å². The Labute approximate surface area is 118 Å². The fourth-order valence-electron chi connectivity index (χ4n) is 2.92. The molecule has 3 unspecified atom stereocenters. The fraction of sp³-hybridized carbons (Fsp3) is 0.462. The fourth-order valence-corrected chi connectivity index (χ4v) is 2.92. The first kappa shape index (κ1) is 13.9. The van der Waals surface area contributed by atoms with Crippen molar-refractivity contribution in [1.29, 1.82) is 0 Å². The van der Waals surface area contributed by atoms with E-state index in [9.17, 15) is 23.7 Å². The maximum Gasteiger partial charge on any atom is 0.305 e. The van der Waals surface area contributed by atoms with E-state index < -0.39 is 33.7 Å². The summed E-state index contributed by atoms with van der Waals surface area (Å²) in [4.78, 5) is 21.7. The lowest BCUT2D eigenvalue weighted by molar-refractivity contribution is -0.387. The van der Waals surface area contributed by atoms with Crippen molar-refractivity contribution < 1.29 is 23.2 Å². The number of hydrogen-bond donors (Lipinski definition) is 1. The lowest BCUT2D eigenvalue weighted by Gasteiger charge is -2.20. The summed E-state index contributed by atoms with van der Waals surface area (Å²) in [5, 5.41) is 13.2. The largest absolute Gasteiger partial charge is 0.373 e. The monoisotopic (exact) mass is 298 g/mol. The Balaban J connectivity index is 1.84. The van der Waals surface area contributed by atoms with Gasteiger partial charge in [-0.25, -0.2) is 4.39 Å². The molecule has 2 saturated heterocycles. The molecule has 6 nitrogen and oxygen atoms in total. The summed E-state index contributed by atoms with van der Waals surface area (Å²) in [6.45, 7) is 0. The Kier molecular flexibility index (Phi) is 3.32. The number of fused-ring (bicyclic) bond motifs is 2. The third kappa shape index (κ3) is 2.35. The van der Waals surface area contributed by atoms with E-state index in [1.165, 1.54) is 0 Å². The van der Waals surface area contributed by atoms with Gasteiger partial charge in [-0.2, -0.15) is 4.39 Å². The van der Waals surface area contributed by atoms with Gasteiger partial charge in [-0.1, -0.05) is 0 Å². The second-order valence-corrected chi connectivity index (χ2v) is 5.20. The predicted octanol–water partition coefficient (Wildman–Crippen LogP) is 1.92. The molecule has 0 aliphatic carbocycles. The first-order valence-corrected chi connectivity index (χ1v) is 6.56. The van der Waals surface area contributed by atoms with Crippen molar-refractivity contribution in [2.75, 3.05) is 0 Å². The first-order chi connectivity index (χ1) is 9.97. The highest BCUT2D eigenvalue weighted by molar-refractivity contribution is 5.95. The molecule has 2 bridgehead atoms. The van der Waals surface area contributed by atoms with Crippen LogP contribution in [0.25, 0.3) is 0 Å². The minimum atomic E-state index is -1.46. The van der Waals surface area contributed by atoms with E-state index in [4.69, 9.17) is 4.74 Å². The molecule has 2 aliphatic rings. The van der Waals surface area contributed by atoms with Gasteiger partial charge in [0.15, 0.2) is 0 Å². The first-order valence-electron chi connectivity index (χ1n) is 6.56. The Bertz CT molecular complexity index is 622. The summed E-state index contributed by atoms with van der Waals surface area (Å²) in [6, 6.07) is 1.10. The van der Waals surface area contributed by atoms with Gasteiger partial charge >= 0.3 is 5.69 Å². The predicted molar refractivity (Wildman–Crippen MR) is 66.8 cm³/mol. The van der Waals surface area contributed by atoms with Gasteiger partial charge in [0, 0.05) is 6.07 Å². The van der Waals surface area contributed by atoms with Crippen molar-refractivity contribution in [2.45, 2.75) is 37.5 Å². The van der Waals surface area contributed by atoms with E-state index in [-0.39, 0.29) is 18.2 Å². The van der Waals surface area contributed by atoms with Crippen LogP contribution in [-0.2, 0) is 4.74 Å². The van der Waals surface area contributed by atoms with Gasteiger partial charge in [0.05, 0.1) is 23.2 Å². The number of carbonyl (C=O) groups is 1. The van der Waals surface area contributed by atoms with Crippen molar-refractivity contribution >= 4 is 11.6 Å². The molecule has 1 aromatic rings. The third-order valence-electron chi connectivity index (χ3n) is 3.92. The molecule has 1 amide bonds. The molecule has 0 aromatic heterocycles. The van der Waals surface area contributed by atoms with E-state index in [2.05, 4.69) is 5.32 Å². The average molecular weight is 298 g/mol. The Morgan fingerprint density at radius 2 is 2.14 bits per heavy atom. The lowest BCUT2D eigenvalue weighted by atomic mass is 9.95. The van der Waals surface area contributed by atoms with E-state index in [1.807, 2.05) is 0 Å². The minimum absolute atomic E-state index is 0.0695. The molecule has 0 spiro atoms. The molecule has 1 N–H and O–H groups in total. The summed E-state index contributed by atoms with van der Waals surface area (Å²) >= 11 is 0. The van der Waals surface area contributed by atoms with Crippen molar-refractivity contribution in [3.05, 3.63) is 39.4 Å². The van der Waals surface area contributed by atoms with Crippen LogP contribution >= 0.6 is 0 Å². The highest BCUT2D eigenvalue weighted by Crippen LogP contribution is 2.34. The zero-order chi connectivity index (χ0) is 15.1. The van der Waals surface area contributed by atoms with Crippen LogP contribution < -0.4 is 5.32 Å². The van der Waals surface area contributed by atoms with Gasteiger partial charge in [0.1, 0.15) is 11.4 Å². The van der Waals surface area contributed by atoms with E-state index in [0.29, 0.717) is 18.6 Å². The minimum Gasteiger partial charge on any atom is -0.373 e. The number of benzene rings is 1. The Morgan fingerprint density at radius 1 is 1.38 bits per heavy atom. The van der Waals surface area contributed by atoms with Crippen LogP contribution in [0.1, 0.15) is 29.6 Å². The molecule has 2 fully saturated rings. The van der Waals surface area contributed by atoms with E-state index in [0.717, 1.165) is 12.8 Å². The number of nitro groups is 1. The Hall–Kier alpha value is -2.09. The molecule has 112 valence electrons. The number of nitrogens with one attached hydrogen (secondary N) is 1. The lowest BCUT2D eigenvalue weighted by Crippen LogP contribution is -2.42. The molecular weight excluding hydrogens is 286 g/mol. The van der Waals surface area contributed by atoms with Gasteiger partial charge in [0.25, 0.3) is 5.91 Å². The maximum atomic E-state index is 13.9. The van der Waals surface area contributed by atoms with Crippen LogP contribution in [0.2, 0.25) is 0 Å². The highest BCUT2D eigenvalue weighted by atomic mass is 19.1. The zero-order valence-corrected chi connectivity index (χ0v) is 10.8. The molecule has 8 heteroatoms. The molecule has 21 heavy (non-hydrogen) atoms.